The molecule has 1 heterocycles. The Morgan fingerprint density at radius 3 is 2.41 bits per heavy atom. The van der Waals surface area contributed by atoms with Gasteiger partial charge >= 0.3 is 0 Å². The number of nitrogens with zero attached hydrogens (tertiary/aromatic N) is 2. The van der Waals surface area contributed by atoms with Crippen molar-refractivity contribution in [2.75, 3.05) is 7.05 Å². The zero-order valence-electron chi connectivity index (χ0n) is 16.9. The minimum absolute atomic E-state index is 0. The Balaban J connectivity index is 0.00000300. The van der Waals surface area contributed by atoms with E-state index in [1.807, 2.05) is 50.2 Å². The molecule has 1 aromatic heterocycles. The van der Waals surface area contributed by atoms with Crippen LogP contribution in [0.1, 0.15) is 28.5 Å². The molecule has 0 saturated heterocycles. The monoisotopic (exact) mass is 506 g/mol. The third-order valence-corrected chi connectivity index (χ3v) is 4.31. The van der Waals surface area contributed by atoms with Gasteiger partial charge in [-0.1, -0.05) is 42.5 Å². The fraction of sp³-hybridized carbons (Fsp3) is 0.273. The molecule has 0 saturated carbocycles. The molecule has 0 radical (unpaired) electrons. The number of hydrogen-bond donors (Lipinski definition) is 2. The van der Waals surface area contributed by atoms with Gasteiger partial charge in [-0.25, -0.2) is 4.98 Å². The molecule has 0 aliphatic carbocycles. The van der Waals surface area contributed by atoms with Crippen molar-refractivity contribution in [1.82, 2.24) is 15.6 Å². The molecule has 3 aromatic rings. The predicted octanol–water partition coefficient (Wildman–Crippen LogP) is 4.35. The van der Waals surface area contributed by atoms with Crippen LogP contribution in [0.15, 0.2) is 64.0 Å². The molecule has 0 bridgehead atoms. The molecule has 0 fully saturated rings. The van der Waals surface area contributed by atoms with Crippen LogP contribution in [0.5, 0.6) is 5.75 Å². The third kappa shape index (κ3) is 7.08. The molecule has 0 amide bonds. The molecule has 6 nitrogen and oxygen atoms in total. The highest BCUT2D eigenvalue weighted by Gasteiger charge is 2.06. The minimum Gasteiger partial charge on any atom is -0.489 e. The summed E-state index contributed by atoms with van der Waals surface area (Å²) in [5, 5.41) is 6.50. The average Bonchev–Trinajstić information content (AvgIpc) is 3.05. The SMILES string of the molecule is CN=C(NCc1cccc(OCc2ccccc2)c1)NCc1nc(C)c(C)o1.I. The van der Waals surface area contributed by atoms with Crippen molar-refractivity contribution < 1.29 is 9.15 Å². The zero-order chi connectivity index (χ0) is 19.8. The number of aryl methyl sites for hydroxylation is 2. The number of rotatable bonds is 7. The largest absolute Gasteiger partial charge is 0.489 e. The first kappa shape index (κ1) is 22.7. The van der Waals surface area contributed by atoms with Gasteiger partial charge < -0.3 is 19.8 Å². The molecule has 154 valence electrons. The topological polar surface area (TPSA) is 71.7 Å². The van der Waals surface area contributed by atoms with Crippen molar-refractivity contribution >= 4 is 29.9 Å². The van der Waals surface area contributed by atoms with Gasteiger partial charge in [0.25, 0.3) is 0 Å². The molecule has 7 heteroatoms. The quantitative estimate of drug-likeness (QED) is 0.283. The number of ether oxygens (including phenoxy) is 1. The summed E-state index contributed by atoms with van der Waals surface area (Å²) in [5.74, 6) is 3.02. The minimum atomic E-state index is 0. The Bertz CT molecular complexity index is 906. The number of oxazole rings is 1. The summed E-state index contributed by atoms with van der Waals surface area (Å²) in [4.78, 5) is 8.60. The van der Waals surface area contributed by atoms with Gasteiger partial charge in [-0.05, 0) is 37.1 Å². The summed E-state index contributed by atoms with van der Waals surface area (Å²) in [7, 11) is 1.74. The highest BCUT2D eigenvalue weighted by Crippen LogP contribution is 2.15. The predicted molar refractivity (Wildman–Crippen MR) is 126 cm³/mol. The second-order valence-electron chi connectivity index (χ2n) is 6.45. The summed E-state index contributed by atoms with van der Waals surface area (Å²) >= 11 is 0. The van der Waals surface area contributed by atoms with Crippen molar-refractivity contribution in [2.24, 2.45) is 4.99 Å². The second kappa shape index (κ2) is 11.5. The molecule has 0 atom stereocenters. The Labute approximate surface area is 188 Å². The van der Waals surface area contributed by atoms with Gasteiger partial charge in [0.15, 0.2) is 5.96 Å². The summed E-state index contributed by atoms with van der Waals surface area (Å²) in [6.45, 7) is 5.50. The van der Waals surface area contributed by atoms with Crippen LogP contribution < -0.4 is 15.4 Å². The van der Waals surface area contributed by atoms with E-state index in [-0.39, 0.29) is 24.0 Å². The van der Waals surface area contributed by atoms with Gasteiger partial charge in [-0.15, -0.1) is 24.0 Å². The summed E-state index contributed by atoms with van der Waals surface area (Å²) in [6.07, 6.45) is 0. The van der Waals surface area contributed by atoms with Crippen LogP contribution in [0.3, 0.4) is 0 Å². The highest BCUT2D eigenvalue weighted by molar-refractivity contribution is 14.0. The first-order valence-electron chi connectivity index (χ1n) is 9.27. The maximum atomic E-state index is 5.89. The van der Waals surface area contributed by atoms with E-state index < -0.39 is 0 Å². The molecule has 3 rings (SSSR count). The van der Waals surface area contributed by atoms with E-state index >= 15 is 0 Å². The van der Waals surface area contributed by atoms with Crippen LogP contribution in [0.2, 0.25) is 0 Å². The number of aromatic nitrogens is 1. The van der Waals surface area contributed by atoms with Crippen LogP contribution in [0, 0.1) is 13.8 Å². The first-order chi connectivity index (χ1) is 13.6. The van der Waals surface area contributed by atoms with Crippen molar-refractivity contribution in [3.63, 3.8) is 0 Å². The average molecular weight is 506 g/mol. The lowest BCUT2D eigenvalue weighted by molar-refractivity contribution is 0.306. The van der Waals surface area contributed by atoms with Crippen LogP contribution in [-0.4, -0.2) is 18.0 Å². The Morgan fingerprint density at radius 1 is 1.00 bits per heavy atom. The van der Waals surface area contributed by atoms with E-state index in [1.54, 1.807) is 7.05 Å². The number of halogens is 1. The number of aliphatic imine (C=N–C) groups is 1. The molecule has 0 aliphatic heterocycles. The lowest BCUT2D eigenvalue weighted by Gasteiger charge is -2.12. The highest BCUT2D eigenvalue weighted by atomic mass is 127. The maximum absolute atomic E-state index is 5.89. The lowest BCUT2D eigenvalue weighted by Crippen LogP contribution is -2.36. The van der Waals surface area contributed by atoms with Crippen molar-refractivity contribution in [2.45, 2.75) is 33.5 Å². The van der Waals surface area contributed by atoms with Crippen molar-refractivity contribution in [3.8, 4) is 5.75 Å². The number of guanidine groups is 1. The second-order valence-corrected chi connectivity index (χ2v) is 6.45. The fourth-order valence-electron chi connectivity index (χ4n) is 2.67. The van der Waals surface area contributed by atoms with Gasteiger partial charge in [-0.3, -0.25) is 4.99 Å². The number of benzene rings is 2. The van der Waals surface area contributed by atoms with Gasteiger partial charge in [0.1, 0.15) is 18.1 Å². The van der Waals surface area contributed by atoms with E-state index in [4.69, 9.17) is 9.15 Å². The van der Waals surface area contributed by atoms with E-state index in [0.29, 0.717) is 31.5 Å². The molecule has 0 aliphatic rings. The Hall–Kier alpha value is -2.55. The van der Waals surface area contributed by atoms with Crippen LogP contribution in [0.4, 0.5) is 0 Å². The van der Waals surface area contributed by atoms with E-state index in [0.717, 1.165) is 28.3 Å². The maximum Gasteiger partial charge on any atom is 0.214 e. The molecule has 0 spiro atoms. The van der Waals surface area contributed by atoms with E-state index in [2.05, 4.69) is 38.8 Å². The van der Waals surface area contributed by atoms with Crippen LogP contribution in [-0.2, 0) is 19.7 Å². The normalized spacial score (nSPS) is 10.9. The summed E-state index contributed by atoms with van der Waals surface area (Å²) < 4.78 is 11.5. The van der Waals surface area contributed by atoms with Crippen molar-refractivity contribution in [1.29, 1.82) is 0 Å². The first-order valence-corrected chi connectivity index (χ1v) is 9.27. The van der Waals surface area contributed by atoms with Gasteiger partial charge in [0.2, 0.25) is 5.89 Å². The van der Waals surface area contributed by atoms with E-state index in [1.165, 1.54) is 0 Å². The summed E-state index contributed by atoms with van der Waals surface area (Å²) in [5.41, 5.74) is 3.16. The number of nitrogens with one attached hydrogen (secondary N) is 2. The van der Waals surface area contributed by atoms with Gasteiger partial charge in [-0.2, -0.15) is 0 Å². The molecular weight excluding hydrogens is 479 g/mol. The third-order valence-electron chi connectivity index (χ3n) is 4.31. The smallest absolute Gasteiger partial charge is 0.214 e. The van der Waals surface area contributed by atoms with Crippen LogP contribution in [0.25, 0.3) is 0 Å². The lowest BCUT2D eigenvalue weighted by atomic mass is 10.2. The Morgan fingerprint density at radius 2 is 1.72 bits per heavy atom. The van der Waals surface area contributed by atoms with Gasteiger partial charge in [0.05, 0.1) is 12.2 Å². The number of hydrogen-bond acceptors (Lipinski definition) is 4. The van der Waals surface area contributed by atoms with Crippen LogP contribution >= 0.6 is 24.0 Å². The molecule has 0 unspecified atom stereocenters. The molecular formula is C22H27IN4O2. The molecule has 2 aromatic carbocycles. The standard InChI is InChI=1S/C22H26N4O2.HI/c1-16-17(2)28-21(26-16)14-25-22(23-3)24-13-19-10-7-11-20(12-19)27-15-18-8-5-4-6-9-18;/h4-12H,13-15H2,1-3H3,(H2,23,24,25);1H. The summed E-state index contributed by atoms with van der Waals surface area (Å²) in [6, 6.07) is 18.2. The zero-order valence-corrected chi connectivity index (χ0v) is 19.3. The Kier molecular flexibility index (Phi) is 8.98. The fourth-order valence-corrected chi connectivity index (χ4v) is 2.67. The molecule has 29 heavy (non-hydrogen) atoms. The van der Waals surface area contributed by atoms with Gasteiger partial charge in [0, 0.05) is 13.6 Å². The van der Waals surface area contributed by atoms with E-state index in [9.17, 15) is 0 Å². The van der Waals surface area contributed by atoms with Crippen molar-refractivity contribution in [3.05, 3.63) is 83.1 Å². The molecule has 2 N–H and O–H groups in total.